The Morgan fingerprint density at radius 2 is 1.73 bits per heavy atom. The van der Waals surface area contributed by atoms with Crippen LogP contribution < -0.4 is 14.4 Å². The molecule has 0 fully saturated rings. The third-order valence-corrected chi connectivity index (χ3v) is 7.88. The summed E-state index contributed by atoms with van der Waals surface area (Å²) in [5.74, 6) is -0.668. The first-order valence-electron chi connectivity index (χ1n) is 11.6. The maximum absolute atomic E-state index is 13.8. The van der Waals surface area contributed by atoms with Gasteiger partial charge < -0.3 is 15.0 Å². The predicted octanol–water partition coefficient (Wildman–Crippen LogP) is 4.02. The predicted molar refractivity (Wildman–Crippen MR) is 144 cm³/mol. The molecule has 3 rings (SSSR count). The third-order valence-electron chi connectivity index (χ3n) is 5.87. The van der Waals surface area contributed by atoms with Crippen molar-refractivity contribution < 1.29 is 22.7 Å². The van der Waals surface area contributed by atoms with Gasteiger partial charge in [-0.25, -0.2) is 8.42 Å². The molecule has 2 amide bonds. The highest BCUT2D eigenvalue weighted by atomic mass is 35.5. The van der Waals surface area contributed by atoms with Crippen LogP contribution in [0.5, 0.6) is 5.75 Å². The zero-order valence-corrected chi connectivity index (χ0v) is 22.7. The summed E-state index contributed by atoms with van der Waals surface area (Å²) in [6, 6.07) is 19.0. The smallest absolute Gasteiger partial charge is 0.264 e. The number of sulfonamides is 1. The molecule has 0 saturated carbocycles. The number of rotatable bonds is 10. The van der Waals surface area contributed by atoms with Gasteiger partial charge in [0, 0.05) is 18.6 Å². The summed E-state index contributed by atoms with van der Waals surface area (Å²) in [5, 5.41) is 3.04. The Labute approximate surface area is 222 Å². The van der Waals surface area contributed by atoms with Crippen molar-refractivity contribution in [1.29, 1.82) is 0 Å². The first-order chi connectivity index (χ1) is 17.6. The van der Waals surface area contributed by atoms with Crippen molar-refractivity contribution >= 4 is 39.1 Å². The van der Waals surface area contributed by atoms with Crippen LogP contribution in [0.1, 0.15) is 18.1 Å². The van der Waals surface area contributed by atoms with E-state index < -0.39 is 28.5 Å². The summed E-state index contributed by atoms with van der Waals surface area (Å²) >= 11 is 6.13. The monoisotopic (exact) mass is 543 g/mol. The normalized spacial score (nSPS) is 11.9. The molecule has 8 nitrogen and oxygen atoms in total. The highest BCUT2D eigenvalue weighted by Gasteiger charge is 2.33. The van der Waals surface area contributed by atoms with Crippen LogP contribution in [-0.4, -0.2) is 51.9 Å². The number of carbonyl (C=O) groups is 2. The van der Waals surface area contributed by atoms with Gasteiger partial charge in [-0.2, -0.15) is 0 Å². The Hall–Kier alpha value is -3.56. The number of hydrogen-bond acceptors (Lipinski definition) is 5. The molecular formula is C27H30ClN3O5S. The Kier molecular flexibility index (Phi) is 9.18. The van der Waals surface area contributed by atoms with Gasteiger partial charge in [0.1, 0.15) is 18.3 Å². The summed E-state index contributed by atoms with van der Waals surface area (Å²) in [7, 11) is -1.27. The fraction of sp³-hybridized carbons (Fsp3) is 0.259. The van der Waals surface area contributed by atoms with Gasteiger partial charge in [0.05, 0.1) is 17.7 Å². The van der Waals surface area contributed by atoms with Crippen LogP contribution in [0.2, 0.25) is 5.02 Å². The van der Waals surface area contributed by atoms with E-state index in [4.69, 9.17) is 16.3 Å². The quantitative estimate of drug-likeness (QED) is 0.417. The topological polar surface area (TPSA) is 96.0 Å². The fourth-order valence-corrected chi connectivity index (χ4v) is 5.50. The van der Waals surface area contributed by atoms with E-state index in [-0.39, 0.29) is 23.0 Å². The van der Waals surface area contributed by atoms with E-state index >= 15 is 0 Å². The van der Waals surface area contributed by atoms with E-state index in [0.717, 1.165) is 9.87 Å². The second-order valence-electron chi connectivity index (χ2n) is 8.44. The number of halogens is 1. The number of nitrogens with zero attached hydrogens (tertiary/aromatic N) is 2. The van der Waals surface area contributed by atoms with Crippen LogP contribution >= 0.6 is 11.6 Å². The van der Waals surface area contributed by atoms with Crippen LogP contribution in [0.3, 0.4) is 0 Å². The molecule has 3 aromatic rings. The van der Waals surface area contributed by atoms with Crippen molar-refractivity contribution in [2.75, 3.05) is 25.0 Å². The molecule has 0 heterocycles. The lowest BCUT2D eigenvalue weighted by atomic mass is 10.1. The molecule has 0 aromatic heterocycles. The van der Waals surface area contributed by atoms with E-state index in [1.165, 1.54) is 31.2 Å². The molecule has 0 aliphatic heterocycles. The van der Waals surface area contributed by atoms with Crippen LogP contribution in [0, 0.1) is 6.92 Å². The molecule has 0 aliphatic carbocycles. The lowest BCUT2D eigenvalue weighted by molar-refractivity contribution is -0.139. The summed E-state index contributed by atoms with van der Waals surface area (Å²) in [5.41, 5.74) is 1.70. The highest BCUT2D eigenvalue weighted by Crippen LogP contribution is 2.33. The molecule has 0 bridgehead atoms. The minimum atomic E-state index is -4.18. The minimum Gasteiger partial charge on any atom is -0.495 e. The largest absolute Gasteiger partial charge is 0.495 e. The average Bonchev–Trinajstić information content (AvgIpc) is 2.89. The molecule has 0 radical (unpaired) electrons. The maximum Gasteiger partial charge on any atom is 0.264 e. The summed E-state index contributed by atoms with van der Waals surface area (Å²) in [4.78, 5) is 27.7. The Morgan fingerprint density at radius 1 is 1.03 bits per heavy atom. The van der Waals surface area contributed by atoms with Gasteiger partial charge in [0.25, 0.3) is 10.0 Å². The van der Waals surface area contributed by atoms with Crippen molar-refractivity contribution in [3.63, 3.8) is 0 Å². The Balaban J connectivity index is 2.10. The van der Waals surface area contributed by atoms with Gasteiger partial charge in [-0.05, 0) is 61.4 Å². The summed E-state index contributed by atoms with van der Waals surface area (Å²) in [6.07, 6.45) is 0. The average molecular weight is 544 g/mol. The number of aryl methyl sites for hydroxylation is 1. The number of anilines is 1. The van der Waals surface area contributed by atoms with E-state index in [2.05, 4.69) is 5.32 Å². The number of methoxy groups -OCH3 is 1. The molecular weight excluding hydrogens is 514 g/mol. The lowest BCUT2D eigenvalue weighted by Gasteiger charge is -2.32. The number of likely N-dealkylation sites (N-methyl/N-ethyl adjacent to an activating group) is 1. The van der Waals surface area contributed by atoms with Crippen molar-refractivity contribution in [3.8, 4) is 5.75 Å². The van der Waals surface area contributed by atoms with Gasteiger partial charge in [0.15, 0.2) is 0 Å². The number of hydrogen-bond donors (Lipinski definition) is 1. The van der Waals surface area contributed by atoms with E-state index in [9.17, 15) is 18.0 Å². The molecule has 1 N–H and O–H groups in total. The van der Waals surface area contributed by atoms with Crippen molar-refractivity contribution in [2.24, 2.45) is 0 Å². The lowest BCUT2D eigenvalue weighted by Crippen LogP contribution is -2.50. The van der Waals surface area contributed by atoms with Gasteiger partial charge in [-0.3, -0.25) is 13.9 Å². The standard InChI is InChI=1S/C27H30ClN3O5S/c1-19-13-14-25(36-4)24(15-19)31(37(34,35)23-11-6-5-7-12-23)18-26(32)30(20(2)27(33)29-3)17-21-9-8-10-22(28)16-21/h5-16,20H,17-18H2,1-4H3,(H,29,33). The van der Waals surface area contributed by atoms with Crippen LogP contribution in [-0.2, 0) is 26.2 Å². The van der Waals surface area contributed by atoms with Gasteiger partial charge in [-0.1, -0.05) is 48.0 Å². The summed E-state index contributed by atoms with van der Waals surface area (Å²) < 4.78 is 34.2. The van der Waals surface area contributed by atoms with Gasteiger partial charge in [-0.15, -0.1) is 0 Å². The number of amides is 2. The molecule has 37 heavy (non-hydrogen) atoms. The molecule has 0 spiro atoms. The SMILES string of the molecule is CNC(=O)C(C)N(Cc1cccc(Cl)c1)C(=O)CN(c1cc(C)ccc1OC)S(=O)(=O)c1ccccc1. The third kappa shape index (κ3) is 6.61. The molecule has 0 aliphatic rings. The minimum absolute atomic E-state index is 0.0205. The van der Waals surface area contributed by atoms with Crippen molar-refractivity contribution in [1.82, 2.24) is 10.2 Å². The molecule has 196 valence electrons. The Morgan fingerprint density at radius 3 is 2.35 bits per heavy atom. The van der Waals surface area contributed by atoms with E-state index in [0.29, 0.717) is 16.3 Å². The number of benzene rings is 3. The van der Waals surface area contributed by atoms with Crippen LogP contribution in [0.4, 0.5) is 5.69 Å². The first kappa shape index (κ1) is 28.0. The second-order valence-corrected chi connectivity index (χ2v) is 10.7. The zero-order chi connectivity index (χ0) is 27.2. The number of ether oxygens (including phenoxy) is 1. The van der Waals surface area contributed by atoms with E-state index in [1.54, 1.807) is 67.6 Å². The van der Waals surface area contributed by atoms with Crippen LogP contribution in [0.15, 0.2) is 77.7 Å². The second kappa shape index (κ2) is 12.1. The maximum atomic E-state index is 13.8. The molecule has 1 atom stereocenters. The molecule has 3 aromatic carbocycles. The summed E-state index contributed by atoms with van der Waals surface area (Å²) in [6.45, 7) is 2.90. The van der Waals surface area contributed by atoms with Crippen molar-refractivity contribution in [2.45, 2.75) is 31.3 Å². The van der Waals surface area contributed by atoms with Crippen LogP contribution in [0.25, 0.3) is 0 Å². The van der Waals surface area contributed by atoms with Gasteiger partial charge in [0.2, 0.25) is 11.8 Å². The fourth-order valence-electron chi connectivity index (χ4n) is 3.85. The first-order valence-corrected chi connectivity index (χ1v) is 13.4. The highest BCUT2D eigenvalue weighted by molar-refractivity contribution is 7.92. The zero-order valence-electron chi connectivity index (χ0n) is 21.1. The number of carbonyl (C=O) groups excluding carboxylic acids is 2. The van der Waals surface area contributed by atoms with Crippen molar-refractivity contribution in [3.05, 3.63) is 88.9 Å². The molecule has 1 unspecified atom stereocenters. The van der Waals surface area contributed by atoms with Gasteiger partial charge >= 0.3 is 0 Å². The van der Waals surface area contributed by atoms with E-state index in [1.807, 2.05) is 6.92 Å². The molecule has 10 heteroatoms. The molecule has 0 saturated heterocycles. The Bertz CT molecular complexity index is 1370. The number of nitrogens with one attached hydrogen (secondary N) is 1.